The van der Waals surface area contributed by atoms with Gasteiger partial charge in [-0.3, -0.25) is 4.79 Å². The zero-order valence-electron chi connectivity index (χ0n) is 14.6. The van der Waals surface area contributed by atoms with Crippen molar-refractivity contribution in [1.29, 1.82) is 0 Å². The number of anilines is 1. The van der Waals surface area contributed by atoms with Gasteiger partial charge in [0.1, 0.15) is 0 Å². The molecular formula is C18H25N6O+. The van der Waals surface area contributed by atoms with Crippen molar-refractivity contribution in [3.63, 3.8) is 0 Å². The first-order valence-electron chi connectivity index (χ1n) is 9.14. The van der Waals surface area contributed by atoms with E-state index < -0.39 is 0 Å². The highest BCUT2D eigenvalue weighted by Crippen LogP contribution is 2.25. The first-order valence-corrected chi connectivity index (χ1v) is 9.14. The lowest BCUT2D eigenvalue weighted by Crippen LogP contribution is -2.86. The summed E-state index contributed by atoms with van der Waals surface area (Å²) >= 11 is 0. The molecule has 0 aliphatic heterocycles. The number of rotatable bonds is 6. The molecule has 1 aromatic carbocycles. The van der Waals surface area contributed by atoms with Gasteiger partial charge in [0.15, 0.2) is 0 Å². The third-order valence-corrected chi connectivity index (χ3v) is 5.29. The van der Waals surface area contributed by atoms with Gasteiger partial charge in [-0.05, 0) is 18.9 Å². The van der Waals surface area contributed by atoms with E-state index in [0.717, 1.165) is 41.0 Å². The number of imidazole rings is 1. The molecule has 0 radical (unpaired) electrons. The van der Waals surface area contributed by atoms with Crippen LogP contribution in [0.3, 0.4) is 0 Å². The number of fused-ring (bicyclic) bond motifs is 2. The summed E-state index contributed by atoms with van der Waals surface area (Å²) in [5, 5.41) is 6.06. The van der Waals surface area contributed by atoms with E-state index in [2.05, 4.69) is 30.6 Å². The number of benzene rings is 1. The van der Waals surface area contributed by atoms with Gasteiger partial charge in [0.25, 0.3) is 5.56 Å². The predicted molar refractivity (Wildman–Crippen MR) is 98.9 cm³/mol. The van der Waals surface area contributed by atoms with Crippen molar-refractivity contribution in [2.75, 3.05) is 25.5 Å². The maximum atomic E-state index is 12.2. The monoisotopic (exact) mass is 341 g/mol. The third kappa shape index (κ3) is 3.11. The molecular weight excluding hydrogens is 316 g/mol. The Morgan fingerprint density at radius 1 is 1.32 bits per heavy atom. The Labute approximate surface area is 145 Å². The number of aromatic amines is 2. The second-order valence-electron chi connectivity index (χ2n) is 6.93. The summed E-state index contributed by atoms with van der Waals surface area (Å²) < 4.78 is 0. The summed E-state index contributed by atoms with van der Waals surface area (Å²) in [6.07, 6.45) is 7.84. The zero-order valence-corrected chi connectivity index (χ0v) is 14.6. The van der Waals surface area contributed by atoms with Crippen LogP contribution < -0.4 is 16.2 Å². The number of hydrogen-bond donors (Lipinski definition) is 4. The third-order valence-electron chi connectivity index (χ3n) is 5.29. The standard InChI is InChI=1S/C18H24N6O/c1-19-18-23-14-8-13-15(21-10-22-17(13)25)12(16(14)24-18)6-7-20-9-11-4-2-3-5-11/h8,10-11,20H,2-7,9H2,1H3,(H2,19,23,24)(H,21,22,25)/p+1. The van der Waals surface area contributed by atoms with Crippen LogP contribution in [0.2, 0.25) is 0 Å². The molecule has 25 heavy (non-hydrogen) atoms. The molecule has 7 heteroatoms. The summed E-state index contributed by atoms with van der Waals surface area (Å²) in [4.78, 5) is 27.2. The van der Waals surface area contributed by atoms with Gasteiger partial charge >= 0.3 is 0 Å². The van der Waals surface area contributed by atoms with Crippen LogP contribution in [0.25, 0.3) is 21.9 Å². The predicted octanol–water partition coefficient (Wildman–Crippen LogP) is 1.14. The van der Waals surface area contributed by atoms with Crippen molar-refractivity contribution < 1.29 is 5.32 Å². The maximum Gasteiger partial charge on any atom is 0.258 e. The molecule has 132 valence electrons. The fraction of sp³-hybridized carbons (Fsp3) is 0.500. The van der Waals surface area contributed by atoms with E-state index in [-0.39, 0.29) is 5.56 Å². The zero-order chi connectivity index (χ0) is 17.2. The highest BCUT2D eigenvalue weighted by molar-refractivity contribution is 5.97. The summed E-state index contributed by atoms with van der Waals surface area (Å²) in [5.74, 6) is 1.58. The SMILES string of the molecule is CNc1nc2c(CC[NH2+]CC3CCCC3)c3nc[nH]c(=O)c3cc2[nH]1. The van der Waals surface area contributed by atoms with Gasteiger partial charge in [-0.25, -0.2) is 9.97 Å². The van der Waals surface area contributed by atoms with Crippen molar-refractivity contribution >= 4 is 27.9 Å². The van der Waals surface area contributed by atoms with E-state index in [1.807, 2.05) is 13.1 Å². The van der Waals surface area contributed by atoms with Crippen molar-refractivity contribution in [1.82, 2.24) is 19.9 Å². The Balaban J connectivity index is 1.64. The molecule has 0 atom stereocenters. The fourth-order valence-electron chi connectivity index (χ4n) is 3.96. The van der Waals surface area contributed by atoms with Crippen LogP contribution in [-0.2, 0) is 6.42 Å². The van der Waals surface area contributed by atoms with Crippen LogP contribution in [0.15, 0.2) is 17.2 Å². The normalized spacial score (nSPS) is 15.4. The van der Waals surface area contributed by atoms with Crippen molar-refractivity contribution in [2.45, 2.75) is 32.1 Å². The molecule has 1 aliphatic carbocycles. The average molecular weight is 341 g/mol. The fourth-order valence-corrected chi connectivity index (χ4v) is 3.96. The van der Waals surface area contributed by atoms with Gasteiger partial charge in [-0.15, -0.1) is 0 Å². The van der Waals surface area contributed by atoms with Crippen molar-refractivity contribution in [3.05, 3.63) is 28.3 Å². The molecule has 0 unspecified atom stereocenters. The smallest absolute Gasteiger partial charge is 0.258 e. The van der Waals surface area contributed by atoms with Crippen LogP contribution in [-0.4, -0.2) is 40.1 Å². The maximum absolute atomic E-state index is 12.2. The Morgan fingerprint density at radius 2 is 2.16 bits per heavy atom. The lowest BCUT2D eigenvalue weighted by atomic mass is 10.0. The number of quaternary nitrogens is 1. The van der Waals surface area contributed by atoms with E-state index >= 15 is 0 Å². The number of aromatic nitrogens is 4. The van der Waals surface area contributed by atoms with E-state index in [1.54, 1.807) is 0 Å². The van der Waals surface area contributed by atoms with Crippen LogP contribution in [0.4, 0.5) is 5.95 Å². The minimum atomic E-state index is -0.108. The molecule has 0 amide bonds. The lowest BCUT2D eigenvalue weighted by Gasteiger charge is -2.09. The average Bonchev–Trinajstić information content (AvgIpc) is 3.27. The van der Waals surface area contributed by atoms with Crippen LogP contribution >= 0.6 is 0 Å². The Hall–Kier alpha value is -2.41. The highest BCUT2D eigenvalue weighted by atomic mass is 16.1. The molecule has 2 aromatic heterocycles. The van der Waals surface area contributed by atoms with Gasteiger partial charge in [0.05, 0.1) is 41.4 Å². The summed E-state index contributed by atoms with van der Waals surface area (Å²) in [6, 6.07) is 1.84. The molecule has 3 aromatic rings. The summed E-state index contributed by atoms with van der Waals surface area (Å²) in [5.41, 5.74) is 3.49. The number of nitrogens with zero attached hydrogens (tertiary/aromatic N) is 2. The molecule has 7 nitrogen and oxygen atoms in total. The van der Waals surface area contributed by atoms with E-state index in [9.17, 15) is 4.79 Å². The molecule has 0 bridgehead atoms. The van der Waals surface area contributed by atoms with E-state index in [0.29, 0.717) is 11.3 Å². The number of hydrogen-bond acceptors (Lipinski definition) is 4. The lowest BCUT2D eigenvalue weighted by molar-refractivity contribution is -0.659. The van der Waals surface area contributed by atoms with Crippen LogP contribution in [0.5, 0.6) is 0 Å². The first kappa shape index (κ1) is 16.1. The quantitative estimate of drug-likeness (QED) is 0.505. The number of nitrogens with two attached hydrogens (primary N) is 1. The molecule has 4 rings (SSSR count). The first-order chi connectivity index (χ1) is 12.3. The molecule has 1 fully saturated rings. The molecule has 1 aliphatic rings. The van der Waals surface area contributed by atoms with Gasteiger partial charge in [0.2, 0.25) is 5.95 Å². The minimum absolute atomic E-state index is 0.108. The highest BCUT2D eigenvalue weighted by Gasteiger charge is 2.18. The van der Waals surface area contributed by atoms with Gasteiger partial charge in [-0.2, -0.15) is 0 Å². The van der Waals surface area contributed by atoms with Crippen molar-refractivity contribution in [3.8, 4) is 0 Å². The molecule has 2 heterocycles. The summed E-state index contributed by atoms with van der Waals surface area (Å²) in [6.45, 7) is 2.19. The molecule has 5 N–H and O–H groups in total. The molecule has 1 saturated carbocycles. The second kappa shape index (κ2) is 6.84. The van der Waals surface area contributed by atoms with Gasteiger partial charge in [0, 0.05) is 24.9 Å². The number of H-pyrrole nitrogens is 2. The van der Waals surface area contributed by atoms with Gasteiger partial charge in [-0.1, -0.05) is 12.8 Å². The van der Waals surface area contributed by atoms with Crippen LogP contribution in [0.1, 0.15) is 31.2 Å². The number of nitrogens with one attached hydrogen (secondary N) is 3. The second-order valence-corrected chi connectivity index (χ2v) is 6.93. The van der Waals surface area contributed by atoms with Crippen molar-refractivity contribution in [2.24, 2.45) is 5.92 Å². The molecule has 0 saturated heterocycles. The van der Waals surface area contributed by atoms with Crippen LogP contribution in [0, 0.1) is 5.92 Å². The Morgan fingerprint density at radius 3 is 2.96 bits per heavy atom. The van der Waals surface area contributed by atoms with E-state index in [4.69, 9.17) is 0 Å². The van der Waals surface area contributed by atoms with Gasteiger partial charge < -0.3 is 20.6 Å². The summed E-state index contributed by atoms with van der Waals surface area (Å²) in [7, 11) is 1.83. The Kier molecular flexibility index (Phi) is 4.40. The topological polar surface area (TPSA) is 103 Å². The van der Waals surface area contributed by atoms with E-state index in [1.165, 1.54) is 38.6 Å². The molecule has 0 spiro atoms. The minimum Gasteiger partial charge on any atom is -0.359 e. The Bertz CT molecular complexity index is 938. The largest absolute Gasteiger partial charge is 0.359 e.